The Balaban J connectivity index is 2.94. The van der Waals surface area contributed by atoms with Gasteiger partial charge in [0.05, 0.1) is 0 Å². The Bertz CT molecular complexity index is 365. The molecule has 1 rings (SSSR count). The fourth-order valence-corrected chi connectivity index (χ4v) is 2.14. The molecule has 1 heterocycles. The molecule has 0 bridgehead atoms. The average molecular weight is 263 g/mol. The highest BCUT2D eigenvalue weighted by molar-refractivity contribution is 5.42. The topological polar surface area (TPSA) is 28.2 Å². The number of hydrogen-bond acceptors (Lipinski definition) is 3. The molecule has 3 heteroatoms. The first kappa shape index (κ1) is 16.0. The third kappa shape index (κ3) is 4.50. The Morgan fingerprint density at radius 1 is 1.32 bits per heavy atom. The van der Waals surface area contributed by atoms with E-state index in [-0.39, 0.29) is 0 Å². The predicted octanol–water partition coefficient (Wildman–Crippen LogP) is 3.77. The van der Waals surface area contributed by atoms with Crippen LogP contribution in [0.25, 0.3) is 0 Å². The van der Waals surface area contributed by atoms with E-state index >= 15 is 0 Å². The summed E-state index contributed by atoms with van der Waals surface area (Å²) in [4.78, 5) is 7.02. The van der Waals surface area contributed by atoms with Gasteiger partial charge in [0, 0.05) is 24.8 Å². The fourth-order valence-electron chi connectivity index (χ4n) is 2.14. The summed E-state index contributed by atoms with van der Waals surface area (Å²) in [5.74, 6) is 1.11. The first-order chi connectivity index (χ1) is 9.13. The van der Waals surface area contributed by atoms with Gasteiger partial charge in [-0.1, -0.05) is 20.3 Å². The first-order valence-corrected chi connectivity index (χ1v) is 7.53. The van der Waals surface area contributed by atoms with Crippen molar-refractivity contribution in [3.05, 3.63) is 23.9 Å². The maximum Gasteiger partial charge on any atom is 0.129 e. The minimum absolute atomic E-state index is 0.367. The predicted molar refractivity (Wildman–Crippen MR) is 83.7 cm³/mol. The molecule has 108 valence electrons. The number of rotatable bonds is 8. The molecule has 19 heavy (non-hydrogen) atoms. The minimum atomic E-state index is 0.367. The summed E-state index contributed by atoms with van der Waals surface area (Å²) >= 11 is 0. The molecule has 0 aromatic carbocycles. The van der Waals surface area contributed by atoms with E-state index in [2.05, 4.69) is 55.0 Å². The van der Waals surface area contributed by atoms with E-state index in [1.807, 2.05) is 13.2 Å². The van der Waals surface area contributed by atoms with Crippen molar-refractivity contribution in [3.63, 3.8) is 0 Å². The van der Waals surface area contributed by atoms with Crippen LogP contribution in [0.2, 0.25) is 0 Å². The van der Waals surface area contributed by atoms with Crippen molar-refractivity contribution in [2.75, 3.05) is 18.5 Å². The van der Waals surface area contributed by atoms with E-state index in [0.717, 1.165) is 18.8 Å². The molecule has 0 fully saturated rings. The van der Waals surface area contributed by atoms with Crippen LogP contribution in [0.5, 0.6) is 0 Å². The summed E-state index contributed by atoms with van der Waals surface area (Å²) in [6.45, 7) is 10.0. The number of hydrogen-bond donors (Lipinski definition) is 1. The molecule has 2 atom stereocenters. The van der Waals surface area contributed by atoms with E-state index in [9.17, 15) is 0 Å². The third-order valence-electron chi connectivity index (χ3n) is 3.87. The Kier molecular flexibility index (Phi) is 6.85. The highest BCUT2D eigenvalue weighted by Crippen LogP contribution is 2.21. The van der Waals surface area contributed by atoms with Gasteiger partial charge in [0.15, 0.2) is 0 Å². The van der Waals surface area contributed by atoms with Gasteiger partial charge in [0.25, 0.3) is 0 Å². The van der Waals surface area contributed by atoms with Crippen LogP contribution in [0.3, 0.4) is 0 Å². The van der Waals surface area contributed by atoms with Gasteiger partial charge in [-0.3, -0.25) is 0 Å². The van der Waals surface area contributed by atoms with Crippen molar-refractivity contribution >= 4 is 5.82 Å². The van der Waals surface area contributed by atoms with Crippen LogP contribution >= 0.6 is 0 Å². The Morgan fingerprint density at radius 2 is 2.05 bits per heavy atom. The van der Waals surface area contributed by atoms with Crippen LogP contribution in [0.15, 0.2) is 18.3 Å². The molecule has 1 N–H and O–H groups in total. The highest BCUT2D eigenvalue weighted by Gasteiger charge is 2.15. The van der Waals surface area contributed by atoms with Crippen LogP contribution < -0.4 is 10.2 Å². The van der Waals surface area contributed by atoms with Crippen LogP contribution in [0.1, 0.15) is 58.6 Å². The Hall–Kier alpha value is -1.09. The van der Waals surface area contributed by atoms with Gasteiger partial charge in [-0.05, 0) is 51.4 Å². The number of unbranched alkanes of at least 4 members (excludes halogenated alkanes) is 1. The molecule has 0 spiro atoms. The molecule has 0 aliphatic heterocycles. The number of aromatic nitrogens is 1. The van der Waals surface area contributed by atoms with Crippen molar-refractivity contribution in [1.29, 1.82) is 0 Å². The zero-order valence-corrected chi connectivity index (χ0v) is 13.1. The molecule has 0 radical (unpaired) electrons. The van der Waals surface area contributed by atoms with Gasteiger partial charge < -0.3 is 10.2 Å². The smallest absolute Gasteiger partial charge is 0.129 e. The van der Waals surface area contributed by atoms with E-state index < -0.39 is 0 Å². The quantitative estimate of drug-likeness (QED) is 0.774. The second kappa shape index (κ2) is 8.16. The average Bonchev–Trinajstić information content (AvgIpc) is 2.46. The van der Waals surface area contributed by atoms with Crippen LogP contribution in [0, 0.1) is 0 Å². The normalized spacial score (nSPS) is 14.2. The minimum Gasteiger partial charge on any atom is -0.354 e. The number of pyridine rings is 1. The third-order valence-corrected chi connectivity index (χ3v) is 3.87. The first-order valence-electron chi connectivity index (χ1n) is 7.53. The second-order valence-corrected chi connectivity index (χ2v) is 5.26. The molecule has 1 aromatic rings. The van der Waals surface area contributed by atoms with E-state index in [0.29, 0.717) is 12.1 Å². The van der Waals surface area contributed by atoms with Crippen molar-refractivity contribution in [3.8, 4) is 0 Å². The summed E-state index contributed by atoms with van der Waals surface area (Å²) in [7, 11) is 1.99. The van der Waals surface area contributed by atoms with Crippen LogP contribution in [0.4, 0.5) is 5.82 Å². The molecule has 3 nitrogen and oxygen atoms in total. The Morgan fingerprint density at radius 3 is 2.63 bits per heavy atom. The lowest BCUT2D eigenvalue weighted by molar-refractivity contribution is 0.587. The summed E-state index contributed by atoms with van der Waals surface area (Å²) in [5.41, 5.74) is 1.30. The van der Waals surface area contributed by atoms with Gasteiger partial charge in [-0.15, -0.1) is 0 Å². The molecule has 0 aliphatic rings. The van der Waals surface area contributed by atoms with Crippen molar-refractivity contribution in [2.45, 2.75) is 59.0 Å². The molecule has 0 saturated heterocycles. The number of nitrogens with zero attached hydrogens (tertiary/aromatic N) is 2. The summed E-state index contributed by atoms with van der Waals surface area (Å²) in [6, 6.07) is 5.23. The lowest BCUT2D eigenvalue weighted by atomic mass is 10.1. The highest BCUT2D eigenvalue weighted by atomic mass is 15.2. The zero-order chi connectivity index (χ0) is 14.3. The standard InChI is InChI=1S/C16H29N3/c1-6-8-11-19(13(3)7-2)16-12-15(9-10-18-16)14(4)17-5/h9-10,12-14,17H,6-8,11H2,1-5H3. The monoisotopic (exact) mass is 263 g/mol. The van der Waals surface area contributed by atoms with Crippen LogP contribution in [-0.2, 0) is 0 Å². The van der Waals surface area contributed by atoms with Gasteiger partial charge in [0.2, 0.25) is 0 Å². The van der Waals surface area contributed by atoms with Crippen molar-refractivity contribution in [1.82, 2.24) is 10.3 Å². The summed E-state index contributed by atoms with van der Waals surface area (Å²) in [5, 5.41) is 3.29. The maximum absolute atomic E-state index is 4.58. The van der Waals surface area contributed by atoms with E-state index in [4.69, 9.17) is 0 Å². The van der Waals surface area contributed by atoms with Crippen LogP contribution in [-0.4, -0.2) is 24.6 Å². The summed E-state index contributed by atoms with van der Waals surface area (Å²) < 4.78 is 0. The lowest BCUT2D eigenvalue weighted by Crippen LogP contribution is -2.34. The fraction of sp³-hybridized carbons (Fsp3) is 0.688. The lowest BCUT2D eigenvalue weighted by Gasteiger charge is -2.30. The second-order valence-electron chi connectivity index (χ2n) is 5.26. The molecular weight excluding hydrogens is 234 g/mol. The molecule has 1 aromatic heterocycles. The zero-order valence-electron chi connectivity index (χ0n) is 13.1. The Labute approximate surface area is 118 Å². The molecular formula is C16H29N3. The number of anilines is 1. The van der Waals surface area contributed by atoms with Gasteiger partial charge >= 0.3 is 0 Å². The number of nitrogens with one attached hydrogen (secondary N) is 1. The maximum atomic E-state index is 4.58. The van der Waals surface area contributed by atoms with Gasteiger partial charge in [-0.2, -0.15) is 0 Å². The van der Waals surface area contributed by atoms with Crippen molar-refractivity contribution in [2.24, 2.45) is 0 Å². The van der Waals surface area contributed by atoms with E-state index in [1.165, 1.54) is 18.4 Å². The molecule has 2 unspecified atom stereocenters. The summed E-state index contributed by atoms with van der Waals surface area (Å²) in [6.07, 6.45) is 5.52. The van der Waals surface area contributed by atoms with Gasteiger partial charge in [-0.25, -0.2) is 4.98 Å². The molecule has 0 amide bonds. The largest absolute Gasteiger partial charge is 0.354 e. The SMILES string of the molecule is CCCCN(c1cc(C(C)NC)ccn1)C(C)CC. The molecule has 0 saturated carbocycles. The van der Waals surface area contributed by atoms with Gasteiger partial charge in [0.1, 0.15) is 5.82 Å². The molecule has 0 aliphatic carbocycles. The van der Waals surface area contributed by atoms with Crippen molar-refractivity contribution < 1.29 is 0 Å². The van der Waals surface area contributed by atoms with E-state index in [1.54, 1.807) is 0 Å².